The summed E-state index contributed by atoms with van der Waals surface area (Å²) in [6.07, 6.45) is 4.90. The van der Waals surface area contributed by atoms with E-state index < -0.39 is 6.10 Å². The topological polar surface area (TPSA) is 51.1 Å². The van der Waals surface area contributed by atoms with Crippen LogP contribution < -0.4 is 0 Å². The highest BCUT2D eigenvalue weighted by Crippen LogP contribution is 2.19. The summed E-state index contributed by atoms with van der Waals surface area (Å²) in [5.74, 6) is -0.330. The van der Waals surface area contributed by atoms with Gasteiger partial charge in [-0.3, -0.25) is 4.79 Å². The van der Waals surface area contributed by atoms with Gasteiger partial charge in [-0.25, -0.2) is 4.39 Å². The van der Waals surface area contributed by atoms with Crippen LogP contribution >= 0.6 is 0 Å². The molecule has 2 aliphatic rings. The Labute approximate surface area is 147 Å². The van der Waals surface area contributed by atoms with Gasteiger partial charge in [0.25, 0.3) is 5.91 Å². The van der Waals surface area contributed by atoms with Crippen molar-refractivity contribution in [2.75, 3.05) is 20.2 Å². The Bertz CT molecular complexity index is 629. The van der Waals surface area contributed by atoms with Gasteiger partial charge in [-0.2, -0.15) is 0 Å². The fourth-order valence-electron chi connectivity index (χ4n) is 3.27. The first-order valence-corrected chi connectivity index (χ1v) is 8.94. The van der Waals surface area contributed by atoms with Crippen molar-refractivity contribution in [3.05, 3.63) is 35.6 Å². The first-order chi connectivity index (χ1) is 12.1. The molecule has 25 heavy (non-hydrogen) atoms. The van der Waals surface area contributed by atoms with Crippen LogP contribution in [0.15, 0.2) is 29.4 Å². The number of hydrogen-bond donors (Lipinski definition) is 0. The molecule has 1 aromatic carbocycles. The molecule has 2 heterocycles. The number of hydrogen-bond acceptors (Lipinski definition) is 4. The lowest BCUT2D eigenvalue weighted by molar-refractivity contribution is -0.141. The van der Waals surface area contributed by atoms with Gasteiger partial charge in [-0.1, -0.05) is 17.3 Å². The molecule has 0 spiro atoms. The average molecular weight is 348 g/mol. The number of likely N-dealkylation sites (N-methyl/N-ethyl adjacent to an activating group) is 1. The number of benzene rings is 1. The molecule has 1 fully saturated rings. The molecule has 0 radical (unpaired) electrons. The van der Waals surface area contributed by atoms with Crippen molar-refractivity contribution >= 4 is 11.6 Å². The van der Waals surface area contributed by atoms with Crippen molar-refractivity contribution in [3.8, 4) is 0 Å². The Balaban J connectivity index is 1.44. The van der Waals surface area contributed by atoms with E-state index in [1.807, 2.05) is 6.07 Å². The molecule has 136 valence electrons. The minimum Gasteiger partial charge on any atom is -0.382 e. The number of amides is 1. The van der Waals surface area contributed by atoms with E-state index in [0.29, 0.717) is 19.4 Å². The molecule has 0 aromatic heterocycles. The highest BCUT2D eigenvalue weighted by molar-refractivity contribution is 5.93. The number of carbonyl (C=O) groups excluding carboxylic acids is 1. The van der Waals surface area contributed by atoms with E-state index in [4.69, 9.17) is 9.57 Å². The van der Waals surface area contributed by atoms with Gasteiger partial charge >= 0.3 is 0 Å². The highest BCUT2D eigenvalue weighted by Gasteiger charge is 2.30. The lowest BCUT2D eigenvalue weighted by Gasteiger charge is -2.26. The van der Waals surface area contributed by atoms with Gasteiger partial charge < -0.3 is 14.5 Å². The predicted octanol–water partition coefficient (Wildman–Crippen LogP) is 2.93. The second-order valence-electron chi connectivity index (χ2n) is 6.80. The number of ether oxygens (including phenoxy) is 1. The predicted molar refractivity (Wildman–Crippen MR) is 92.9 cm³/mol. The standard InChI is InChI=1S/C19H25FN2O3/c1-22(9-8-17-7-2-3-10-24-17)19(23)18-13-16(21-25-18)12-14-5-4-6-15(20)11-14/h4-6,11,17-18H,2-3,7-10,12-13H2,1H3/t17-,18+/m1/s1. The zero-order valence-corrected chi connectivity index (χ0v) is 14.6. The molecule has 0 N–H and O–H groups in total. The number of oxime groups is 1. The normalized spacial score (nSPS) is 23.0. The number of halogens is 1. The van der Waals surface area contributed by atoms with Crippen LogP contribution in [0.25, 0.3) is 0 Å². The highest BCUT2D eigenvalue weighted by atomic mass is 19.1. The Morgan fingerprint density at radius 2 is 2.28 bits per heavy atom. The number of rotatable bonds is 6. The molecule has 0 saturated carbocycles. The van der Waals surface area contributed by atoms with Crippen LogP contribution in [0.4, 0.5) is 4.39 Å². The summed E-state index contributed by atoms with van der Waals surface area (Å²) in [6.45, 7) is 1.48. The Morgan fingerprint density at radius 1 is 1.40 bits per heavy atom. The second kappa shape index (κ2) is 8.43. The summed E-state index contributed by atoms with van der Waals surface area (Å²) in [5.41, 5.74) is 1.60. The van der Waals surface area contributed by atoms with Crippen LogP contribution in [-0.4, -0.2) is 48.9 Å². The fourth-order valence-corrected chi connectivity index (χ4v) is 3.27. The summed E-state index contributed by atoms with van der Waals surface area (Å²) < 4.78 is 19.0. The molecular formula is C19H25FN2O3. The summed E-state index contributed by atoms with van der Waals surface area (Å²) in [7, 11) is 1.79. The second-order valence-corrected chi connectivity index (χ2v) is 6.80. The maximum Gasteiger partial charge on any atom is 0.266 e. The third-order valence-corrected chi connectivity index (χ3v) is 4.74. The van der Waals surface area contributed by atoms with Gasteiger partial charge in [-0.15, -0.1) is 0 Å². The maximum atomic E-state index is 13.2. The Kier molecular flexibility index (Phi) is 6.02. The van der Waals surface area contributed by atoms with Gasteiger partial charge in [0.2, 0.25) is 6.10 Å². The van der Waals surface area contributed by atoms with Crippen molar-refractivity contribution < 1.29 is 18.8 Å². The molecule has 1 aromatic rings. The van der Waals surface area contributed by atoms with Gasteiger partial charge in [0.15, 0.2) is 0 Å². The smallest absolute Gasteiger partial charge is 0.266 e. The number of nitrogens with zero attached hydrogens (tertiary/aromatic N) is 2. The van der Waals surface area contributed by atoms with E-state index in [0.717, 1.165) is 37.1 Å². The van der Waals surface area contributed by atoms with Crippen LogP contribution in [-0.2, 0) is 20.8 Å². The van der Waals surface area contributed by atoms with E-state index in [2.05, 4.69) is 5.16 Å². The Morgan fingerprint density at radius 3 is 3.04 bits per heavy atom. The monoisotopic (exact) mass is 348 g/mol. The quantitative estimate of drug-likeness (QED) is 0.794. The first-order valence-electron chi connectivity index (χ1n) is 8.94. The van der Waals surface area contributed by atoms with Crippen LogP contribution in [0.2, 0.25) is 0 Å². The fraction of sp³-hybridized carbons (Fsp3) is 0.579. The van der Waals surface area contributed by atoms with Crippen molar-refractivity contribution in [1.82, 2.24) is 4.90 Å². The molecule has 2 atom stereocenters. The van der Waals surface area contributed by atoms with Crippen molar-refractivity contribution in [3.63, 3.8) is 0 Å². The minimum atomic E-state index is -0.569. The van der Waals surface area contributed by atoms with Gasteiger partial charge in [0.1, 0.15) is 5.82 Å². The Hall–Kier alpha value is -1.95. The molecule has 1 saturated heterocycles. The zero-order valence-electron chi connectivity index (χ0n) is 14.6. The summed E-state index contributed by atoms with van der Waals surface area (Å²) >= 11 is 0. The van der Waals surface area contributed by atoms with Gasteiger partial charge in [-0.05, 0) is 43.4 Å². The molecule has 2 aliphatic heterocycles. The van der Waals surface area contributed by atoms with E-state index >= 15 is 0 Å². The van der Waals surface area contributed by atoms with Crippen LogP contribution in [0, 0.1) is 5.82 Å². The number of carbonyl (C=O) groups is 1. The maximum absolute atomic E-state index is 13.2. The van der Waals surface area contributed by atoms with E-state index in [1.54, 1.807) is 18.0 Å². The molecule has 0 unspecified atom stereocenters. The van der Waals surface area contributed by atoms with Crippen molar-refractivity contribution in [2.45, 2.75) is 50.7 Å². The first kappa shape index (κ1) is 17.9. The van der Waals surface area contributed by atoms with Crippen molar-refractivity contribution in [1.29, 1.82) is 0 Å². The molecule has 5 nitrogen and oxygen atoms in total. The van der Waals surface area contributed by atoms with Gasteiger partial charge in [0.05, 0.1) is 11.8 Å². The molecule has 1 amide bonds. The lowest BCUT2D eigenvalue weighted by atomic mass is 10.0. The van der Waals surface area contributed by atoms with Gasteiger partial charge in [0, 0.05) is 33.0 Å². The zero-order chi connectivity index (χ0) is 17.6. The third-order valence-electron chi connectivity index (χ3n) is 4.74. The molecule has 0 aliphatic carbocycles. The minimum absolute atomic E-state index is 0.0613. The molecular weight excluding hydrogens is 323 g/mol. The van der Waals surface area contributed by atoms with Crippen LogP contribution in [0.3, 0.4) is 0 Å². The molecule has 6 heteroatoms. The summed E-state index contributed by atoms with van der Waals surface area (Å²) in [6, 6.07) is 6.41. The third kappa shape index (κ3) is 5.01. The lowest BCUT2D eigenvalue weighted by Crippen LogP contribution is -2.38. The summed E-state index contributed by atoms with van der Waals surface area (Å²) in [5, 5.41) is 4.02. The van der Waals surface area contributed by atoms with E-state index in [-0.39, 0.29) is 17.8 Å². The van der Waals surface area contributed by atoms with E-state index in [1.165, 1.54) is 18.6 Å². The average Bonchev–Trinajstić information content (AvgIpc) is 3.08. The SMILES string of the molecule is CN(CC[C@H]1CCCCO1)C(=O)[C@@H]1CC(Cc2cccc(F)c2)=NO1. The largest absolute Gasteiger partial charge is 0.382 e. The van der Waals surface area contributed by atoms with Crippen LogP contribution in [0.5, 0.6) is 0 Å². The van der Waals surface area contributed by atoms with E-state index in [9.17, 15) is 9.18 Å². The summed E-state index contributed by atoms with van der Waals surface area (Å²) in [4.78, 5) is 19.5. The molecule has 3 rings (SSSR count). The van der Waals surface area contributed by atoms with Crippen LogP contribution in [0.1, 0.15) is 37.7 Å². The van der Waals surface area contributed by atoms with Crippen molar-refractivity contribution in [2.24, 2.45) is 5.16 Å². The molecule has 0 bridgehead atoms.